The second-order valence-electron chi connectivity index (χ2n) is 6.83. The Hall–Kier alpha value is -3.68. The number of amides is 1. The molecule has 29 heavy (non-hydrogen) atoms. The third kappa shape index (κ3) is 3.82. The molecule has 1 N–H and O–H groups in total. The number of ether oxygens (including phenoxy) is 1. The number of nitrogens with one attached hydrogen (secondary N) is 1. The average Bonchev–Trinajstić information content (AvgIpc) is 3.29. The number of hydrogen-bond acceptors (Lipinski definition) is 5. The molecule has 0 unspecified atom stereocenters. The molecule has 0 aliphatic carbocycles. The molecular formula is C21H22N6O2. The van der Waals surface area contributed by atoms with Crippen molar-refractivity contribution in [2.75, 3.05) is 7.11 Å². The number of pyridine rings is 1. The number of rotatable bonds is 6. The summed E-state index contributed by atoms with van der Waals surface area (Å²) in [4.78, 5) is 16.9. The molecule has 1 amide bonds. The Labute approximate surface area is 168 Å². The van der Waals surface area contributed by atoms with E-state index in [0.29, 0.717) is 12.2 Å². The van der Waals surface area contributed by atoms with E-state index in [2.05, 4.69) is 20.5 Å². The molecule has 3 heterocycles. The van der Waals surface area contributed by atoms with Crippen molar-refractivity contribution in [2.45, 2.75) is 20.0 Å². The SMILES string of the molecule is COc1ccc(-c2ccnc3c2c(C)nn3CC(=O)NCc2cnn(C)c2)cc1. The minimum atomic E-state index is -0.130. The minimum Gasteiger partial charge on any atom is -0.497 e. The zero-order valence-electron chi connectivity index (χ0n) is 16.6. The van der Waals surface area contributed by atoms with Crippen molar-refractivity contribution in [1.82, 2.24) is 29.9 Å². The number of fused-ring (bicyclic) bond motifs is 1. The van der Waals surface area contributed by atoms with Crippen molar-refractivity contribution in [2.24, 2.45) is 7.05 Å². The van der Waals surface area contributed by atoms with Gasteiger partial charge in [-0.15, -0.1) is 0 Å². The number of carbonyl (C=O) groups excluding carboxylic acids is 1. The lowest BCUT2D eigenvalue weighted by Gasteiger charge is -2.07. The molecule has 0 fully saturated rings. The first kappa shape index (κ1) is 18.7. The van der Waals surface area contributed by atoms with Gasteiger partial charge in [-0.05, 0) is 36.2 Å². The Morgan fingerprint density at radius 3 is 2.69 bits per heavy atom. The summed E-state index contributed by atoms with van der Waals surface area (Å²) in [5.41, 5.74) is 4.53. The van der Waals surface area contributed by atoms with Gasteiger partial charge in [0.2, 0.25) is 5.91 Å². The number of hydrogen-bond donors (Lipinski definition) is 1. The maximum Gasteiger partial charge on any atom is 0.242 e. The van der Waals surface area contributed by atoms with Crippen LogP contribution in [0.3, 0.4) is 0 Å². The first-order chi connectivity index (χ1) is 14.0. The molecule has 0 atom stereocenters. The van der Waals surface area contributed by atoms with Crippen LogP contribution in [0, 0.1) is 6.92 Å². The Kier molecular flexibility index (Phi) is 4.99. The molecule has 0 aliphatic heterocycles. The molecule has 0 aliphatic rings. The lowest BCUT2D eigenvalue weighted by atomic mass is 10.0. The highest BCUT2D eigenvalue weighted by atomic mass is 16.5. The smallest absolute Gasteiger partial charge is 0.242 e. The molecular weight excluding hydrogens is 368 g/mol. The van der Waals surface area contributed by atoms with Crippen LogP contribution in [0.2, 0.25) is 0 Å². The van der Waals surface area contributed by atoms with Gasteiger partial charge in [-0.3, -0.25) is 9.48 Å². The second kappa shape index (κ2) is 7.75. The number of carbonyl (C=O) groups is 1. The first-order valence-corrected chi connectivity index (χ1v) is 9.26. The van der Waals surface area contributed by atoms with Crippen LogP contribution in [-0.2, 0) is 24.9 Å². The van der Waals surface area contributed by atoms with Crippen molar-refractivity contribution >= 4 is 16.9 Å². The fraction of sp³-hybridized carbons (Fsp3) is 0.238. The van der Waals surface area contributed by atoms with Gasteiger partial charge in [-0.2, -0.15) is 10.2 Å². The van der Waals surface area contributed by atoms with E-state index in [4.69, 9.17) is 4.74 Å². The molecule has 8 heteroatoms. The summed E-state index contributed by atoms with van der Waals surface area (Å²) in [5, 5.41) is 12.5. The number of aromatic nitrogens is 5. The molecule has 4 aromatic rings. The van der Waals surface area contributed by atoms with Crippen molar-refractivity contribution in [1.29, 1.82) is 0 Å². The molecule has 0 saturated heterocycles. The van der Waals surface area contributed by atoms with Gasteiger partial charge in [0.05, 0.1) is 19.0 Å². The quantitative estimate of drug-likeness (QED) is 0.547. The Morgan fingerprint density at radius 2 is 2.00 bits per heavy atom. The van der Waals surface area contributed by atoms with Gasteiger partial charge >= 0.3 is 0 Å². The maximum atomic E-state index is 12.4. The van der Waals surface area contributed by atoms with E-state index in [-0.39, 0.29) is 12.5 Å². The highest BCUT2D eigenvalue weighted by Gasteiger charge is 2.16. The predicted molar refractivity (Wildman–Crippen MR) is 109 cm³/mol. The fourth-order valence-corrected chi connectivity index (χ4v) is 3.36. The molecule has 0 spiro atoms. The summed E-state index contributed by atoms with van der Waals surface area (Å²) in [5.74, 6) is 0.673. The van der Waals surface area contributed by atoms with Gasteiger partial charge in [0.25, 0.3) is 0 Å². The third-order valence-corrected chi connectivity index (χ3v) is 4.75. The molecule has 0 saturated carbocycles. The van der Waals surface area contributed by atoms with Gasteiger partial charge < -0.3 is 10.1 Å². The highest BCUT2D eigenvalue weighted by Crippen LogP contribution is 2.30. The molecule has 3 aromatic heterocycles. The van der Waals surface area contributed by atoms with Crippen LogP contribution in [0.1, 0.15) is 11.3 Å². The monoisotopic (exact) mass is 390 g/mol. The van der Waals surface area contributed by atoms with Gasteiger partial charge in [0, 0.05) is 36.9 Å². The molecule has 0 bridgehead atoms. The molecule has 8 nitrogen and oxygen atoms in total. The minimum absolute atomic E-state index is 0.101. The molecule has 4 rings (SSSR count). The Bertz CT molecular complexity index is 1160. The molecule has 1 aromatic carbocycles. The van der Waals surface area contributed by atoms with Crippen LogP contribution in [0.25, 0.3) is 22.2 Å². The predicted octanol–water partition coefficient (Wildman–Crippen LogP) is 2.47. The summed E-state index contributed by atoms with van der Waals surface area (Å²) in [6.07, 6.45) is 5.35. The van der Waals surface area contributed by atoms with Crippen LogP contribution >= 0.6 is 0 Å². The number of methoxy groups -OCH3 is 1. The summed E-state index contributed by atoms with van der Waals surface area (Å²) in [6.45, 7) is 2.46. The fourth-order valence-electron chi connectivity index (χ4n) is 3.36. The normalized spacial score (nSPS) is 11.0. The standard InChI is InChI=1S/C21H22N6O2/c1-14-20-18(16-4-6-17(29-3)7-5-16)8-9-22-21(20)27(25-14)13-19(28)23-10-15-11-24-26(2)12-15/h4-9,11-12H,10,13H2,1-3H3,(H,23,28). The number of nitrogens with zero attached hydrogens (tertiary/aromatic N) is 5. The number of benzene rings is 1. The third-order valence-electron chi connectivity index (χ3n) is 4.75. The van der Waals surface area contributed by atoms with Crippen molar-refractivity contribution in [3.63, 3.8) is 0 Å². The Balaban J connectivity index is 1.58. The van der Waals surface area contributed by atoms with Crippen molar-refractivity contribution < 1.29 is 9.53 Å². The van der Waals surface area contributed by atoms with Gasteiger partial charge in [0.1, 0.15) is 12.3 Å². The zero-order chi connectivity index (χ0) is 20.4. The summed E-state index contributed by atoms with van der Waals surface area (Å²) in [6, 6.07) is 9.82. The van der Waals surface area contributed by atoms with E-state index in [1.807, 2.05) is 50.5 Å². The molecule has 0 radical (unpaired) electrons. The highest BCUT2D eigenvalue weighted by molar-refractivity contribution is 5.95. The summed E-state index contributed by atoms with van der Waals surface area (Å²) >= 11 is 0. The van der Waals surface area contributed by atoms with Crippen LogP contribution < -0.4 is 10.1 Å². The van der Waals surface area contributed by atoms with E-state index in [0.717, 1.165) is 33.5 Å². The maximum absolute atomic E-state index is 12.4. The van der Waals surface area contributed by atoms with Gasteiger partial charge in [-0.1, -0.05) is 12.1 Å². The van der Waals surface area contributed by atoms with Crippen LogP contribution in [-0.4, -0.2) is 37.6 Å². The summed E-state index contributed by atoms with van der Waals surface area (Å²) in [7, 11) is 3.49. The van der Waals surface area contributed by atoms with Crippen LogP contribution in [0.4, 0.5) is 0 Å². The topological polar surface area (TPSA) is 86.9 Å². The zero-order valence-corrected chi connectivity index (χ0v) is 16.6. The van der Waals surface area contributed by atoms with Gasteiger partial charge in [0.15, 0.2) is 5.65 Å². The first-order valence-electron chi connectivity index (χ1n) is 9.26. The number of aryl methyl sites for hydroxylation is 2. The largest absolute Gasteiger partial charge is 0.497 e. The van der Waals surface area contributed by atoms with Crippen molar-refractivity contribution in [3.8, 4) is 16.9 Å². The van der Waals surface area contributed by atoms with Crippen LogP contribution in [0.15, 0.2) is 48.9 Å². The summed E-state index contributed by atoms with van der Waals surface area (Å²) < 4.78 is 8.60. The van der Waals surface area contributed by atoms with Crippen molar-refractivity contribution in [3.05, 3.63) is 60.2 Å². The van der Waals surface area contributed by atoms with Gasteiger partial charge in [-0.25, -0.2) is 9.67 Å². The molecule has 148 valence electrons. The second-order valence-corrected chi connectivity index (χ2v) is 6.83. The van der Waals surface area contributed by atoms with Crippen LogP contribution in [0.5, 0.6) is 5.75 Å². The lowest BCUT2D eigenvalue weighted by Crippen LogP contribution is -2.27. The van der Waals surface area contributed by atoms with E-state index in [9.17, 15) is 4.79 Å². The van der Waals surface area contributed by atoms with E-state index < -0.39 is 0 Å². The van der Waals surface area contributed by atoms with E-state index >= 15 is 0 Å². The van der Waals surface area contributed by atoms with E-state index in [1.165, 1.54) is 0 Å². The van der Waals surface area contributed by atoms with E-state index in [1.54, 1.807) is 28.9 Å². The average molecular weight is 390 g/mol. The lowest BCUT2D eigenvalue weighted by molar-refractivity contribution is -0.121. The Morgan fingerprint density at radius 1 is 1.21 bits per heavy atom.